The van der Waals surface area contributed by atoms with Crippen molar-refractivity contribution in [1.29, 1.82) is 0 Å². The molecule has 1 atom stereocenters. The van der Waals surface area contributed by atoms with Gasteiger partial charge < -0.3 is 10.2 Å². The molecule has 2 aliphatic rings. The lowest BCUT2D eigenvalue weighted by molar-refractivity contribution is -0.122. The highest BCUT2D eigenvalue weighted by Gasteiger charge is 2.35. The van der Waals surface area contributed by atoms with Crippen molar-refractivity contribution in [2.75, 3.05) is 16.8 Å². The third-order valence-electron chi connectivity index (χ3n) is 6.43. The highest BCUT2D eigenvalue weighted by atomic mass is 16.5. The maximum Gasteiger partial charge on any atom is 0.439 e. The van der Waals surface area contributed by atoms with Crippen LogP contribution in [-0.2, 0) is 16.0 Å². The molecule has 2 N–H and O–H groups in total. The molecule has 1 saturated heterocycles. The van der Waals surface area contributed by atoms with Crippen LogP contribution >= 0.6 is 0 Å². The van der Waals surface area contributed by atoms with Crippen molar-refractivity contribution in [3.8, 4) is 22.5 Å². The Bertz CT molecular complexity index is 1500. The van der Waals surface area contributed by atoms with Crippen molar-refractivity contribution in [1.82, 2.24) is 10.1 Å². The van der Waals surface area contributed by atoms with Crippen LogP contribution in [0.1, 0.15) is 17.5 Å². The lowest BCUT2D eigenvalue weighted by atomic mass is 10.1. The van der Waals surface area contributed by atoms with Crippen molar-refractivity contribution >= 4 is 23.2 Å². The third-order valence-corrected chi connectivity index (χ3v) is 6.43. The average molecular weight is 452 g/mol. The molecule has 1 aliphatic heterocycles. The molecule has 1 aliphatic carbocycles. The van der Waals surface area contributed by atoms with Gasteiger partial charge in [0.15, 0.2) is 5.82 Å². The van der Waals surface area contributed by atoms with Gasteiger partial charge in [-0.25, -0.2) is 4.79 Å². The van der Waals surface area contributed by atoms with E-state index >= 15 is 0 Å². The van der Waals surface area contributed by atoms with E-state index in [-0.39, 0.29) is 24.1 Å². The molecule has 0 saturated carbocycles. The summed E-state index contributed by atoms with van der Waals surface area (Å²) in [6.07, 6.45) is 0.998. The summed E-state index contributed by atoms with van der Waals surface area (Å²) < 4.78 is 4.54. The second-order valence-corrected chi connectivity index (χ2v) is 8.59. The van der Waals surface area contributed by atoms with Gasteiger partial charge in [0.2, 0.25) is 11.8 Å². The number of nitrogens with zero attached hydrogens (tertiary/aromatic N) is 2. The predicted molar refractivity (Wildman–Crippen MR) is 126 cm³/mol. The first kappa shape index (κ1) is 20.2. The normalized spacial score (nSPS) is 16.4. The van der Waals surface area contributed by atoms with Gasteiger partial charge in [-0.15, -0.1) is 0 Å². The fourth-order valence-electron chi connectivity index (χ4n) is 4.78. The van der Waals surface area contributed by atoms with E-state index in [1.807, 2.05) is 18.2 Å². The van der Waals surface area contributed by atoms with Gasteiger partial charge in [-0.3, -0.25) is 19.1 Å². The highest BCUT2D eigenvalue weighted by Crippen LogP contribution is 2.39. The molecule has 168 valence electrons. The van der Waals surface area contributed by atoms with E-state index < -0.39 is 11.7 Å². The molecule has 2 amide bonds. The number of aromatic nitrogens is 2. The zero-order chi connectivity index (χ0) is 23.2. The zero-order valence-electron chi connectivity index (χ0n) is 18.1. The molecule has 8 heteroatoms. The third kappa shape index (κ3) is 3.49. The summed E-state index contributed by atoms with van der Waals surface area (Å²) in [5.41, 5.74) is 6.90. The molecule has 2 heterocycles. The Morgan fingerprint density at radius 1 is 1.00 bits per heavy atom. The summed E-state index contributed by atoms with van der Waals surface area (Å²) in [5, 5.41) is 6.55. The van der Waals surface area contributed by atoms with Crippen LogP contribution in [0.15, 0.2) is 76.0 Å². The second kappa shape index (κ2) is 7.84. The predicted octanol–water partition coefficient (Wildman–Crippen LogP) is 3.59. The molecular weight excluding hydrogens is 432 g/mol. The molecule has 4 aromatic rings. The van der Waals surface area contributed by atoms with E-state index in [9.17, 15) is 14.4 Å². The number of benzene rings is 3. The summed E-state index contributed by atoms with van der Waals surface area (Å²) in [6, 6.07) is 21.3. The van der Waals surface area contributed by atoms with E-state index in [0.717, 1.165) is 12.1 Å². The summed E-state index contributed by atoms with van der Waals surface area (Å²) in [7, 11) is 0. The molecular formula is C26H20N4O4. The number of carbonyl (C=O) groups is 2. The molecule has 0 radical (unpaired) electrons. The van der Waals surface area contributed by atoms with E-state index in [4.69, 9.17) is 0 Å². The molecule has 1 aromatic heterocycles. The Hall–Kier alpha value is -4.46. The van der Waals surface area contributed by atoms with Gasteiger partial charge in [0, 0.05) is 29.9 Å². The van der Waals surface area contributed by atoms with E-state index in [1.165, 1.54) is 22.3 Å². The maximum atomic E-state index is 12.9. The summed E-state index contributed by atoms with van der Waals surface area (Å²) >= 11 is 0. The number of nitrogens with one attached hydrogen (secondary N) is 2. The first-order valence-electron chi connectivity index (χ1n) is 11.0. The van der Waals surface area contributed by atoms with Crippen molar-refractivity contribution in [2.45, 2.75) is 12.8 Å². The zero-order valence-corrected chi connectivity index (χ0v) is 18.1. The fraction of sp³-hybridized carbons (Fsp3) is 0.154. The van der Waals surface area contributed by atoms with E-state index in [2.05, 4.69) is 44.2 Å². The topological polar surface area (TPSA) is 108 Å². The minimum Gasteiger partial charge on any atom is -0.326 e. The van der Waals surface area contributed by atoms with Gasteiger partial charge in [0.05, 0.1) is 5.92 Å². The summed E-state index contributed by atoms with van der Waals surface area (Å²) in [6.45, 7) is 0.326. The maximum absolute atomic E-state index is 12.9. The number of hydrogen-bond acceptors (Lipinski definition) is 5. The number of H-pyrrole nitrogens is 1. The van der Waals surface area contributed by atoms with Crippen LogP contribution in [0.3, 0.4) is 0 Å². The van der Waals surface area contributed by atoms with Gasteiger partial charge in [-0.2, -0.15) is 0 Å². The molecule has 3 aromatic carbocycles. The first-order chi connectivity index (χ1) is 16.5. The first-order valence-corrected chi connectivity index (χ1v) is 11.0. The lowest BCUT2D eigenvalue weighted by Crippen LogP contribution is -2.28. The van der Waals surface area contributed by atoms with Gasteiger partial charge in [0.25, 0.3) is 0 Å². The van der Waals surface area contributed by atoms with Gasteiger partial charge in [0.1, 0.15) is 0 Å². The van der Waals surface area contributed by atoms with Gasteiger partial charge in [-0.05, 0) is 52.9 Å². The van der Waals surface area contributed by atoms with Crippen LogP contribution in [0, 0.1) is 5.92 Å². The second-order valence-electron chi connectivity index (χ2n) is 8.59. The number of anilines is 2. The van der Waals surface area contributed by atoms with Crippen molar-refractivity contribution in [3.05, 3.63) is 88.4 Å². The molecule has 34 heavy (non-hydrogen) atoms. The molecule has 8 nitrogen and oxygen atoms in total. The van der Waals surface area contributed by atoms with E-state index in [0.29, 0.717) is 17.8 Å². The Morgan fingerprint density at radius 3 is 2.71 bits per heavy atom. The lowest BCUT2D eigenvalue weighted by Gasteiger charge is -2.18. The quantitative estimate of drug-likeness (QED) is 0.433. The van der Waals surface area contributed by atoms with Crippen LogP contribution < -0.4 is 16.0 Å². The van der Waals surface area contributed by atoms with Crippen LogP contribution in [0.25, 0.3) is 22.5 Å². The SMILES string of the molecule is O=C(Nc1cccc(-c2noc(=O)[nH]2)c1)C1CC(=O)N(c2ccc3c(c2)Cc2ccccc2-3)C1. The largest absolute Gasteiger partial charge is 0.439 e. The number of amides is 2. The monoisotopic (exact) mass is 452 g/mol. The van der Waals surface area contributed by atoms with Gasteiger partial charge >= 0.3 is 5.76 Å². The minimum atomic E-state index is -0.649. The van der Waals surface area contributed by atoms with Crippen molar-refractivity contribution in [3.63, 3.8) is 0 Å². The summed E-state index contributed by atoms with van der Waals surface area (Å²) in [5.74, 6) is -1.13. The Kier molecular flexibility index (Phi) is 4.65. The molecule has 0 spiro atoms. The Labute approximate surface area is 194 Å². The number of hydrogen-bond donors (Lipinski definition) is 2. The molecule has 1 fully saturated rings. The highest BCUT2D eigenvalue weighted by molar-refractivity contribution is 6.04. The molecule has 6 rings (SSSR count). The van der Waals surface area contributed by atoms with Gasteiger partial charge in [-0.1, -0.05) is 47.6 Å². The van der Waals surface area contributed by atoms with Crippen LogP contribution in [-0.4, -0.2) is 28.5 Å². The van der Waals surface area contributed by atoms with Crippen LogP contribution in [0.2, 0.25) is 0 Å². The van der Waals surface area contributed by atoms with Crippen molar-refractivity contribution in [2.24, 2.45) is 5.92 Å². The average Bonchev–Trinajstić information content (AvgIpc) is 3.55. The standard InChI is InChI=1S/C26H20N4O4/c31-23-13-18(25(32)27-19-6-3-5-16(11-19)24-28-26(33)34-29-24)14-30(23)20-8-9-22-17(12-20)10-15-4-1-2-7-21(15)22/h1-9,11-12,18H,10,13-14H2,(H,27,32)(H,28,29,33). The Morgan fingerprint density at radius 2 is 1.85 bits per heavy atom. The molecule has 1 unspecified atom stereocenters. The number of rotatable bonds is 4. The number of fused-ring (bicyclic) bond motifs is 3. The molecule has 0 bridgehead atoms. The smallest absolute Gasteiger partial charge is 0.326 e. The fourth-order valence-corrected chi connectivity index (χ4v) is 4.78. The summed E-state index contributed by atoms with van der Waals surface area (Å²) in [4.78, 5) is 41.1. The van der Waals surface area contributed by atoms with Crippen LogP contribution in [0.5, 0.6) is 0 Å². The minimum absolute atomic E-state index is 0.0652. The van der Waals surface area contributed by atoms with E-state index in [1.54, 1.807) is 29.2 Å². The van der Waals surface area contributed by atoms with Crippen molar-refractivity contribution < 1.29 is 14.1 Å². The number of aromatic amines is 1. The number of carbonyl (C=O) groups excluding carboxylic acids is 2. The Balaban J connectivity index is 1.17. The van der Waals surface area contributed by atoms with Crippen LogP contribution in [0.4, 0.5) is 11.4 Å².